The van der Waals surface area contributed by atoms with Crippen LogP contribution in [0.3, 0.4) is 0 Å². The summed E-state index contributed by atoms with van der Waals surface area (Å²) in [5.74, 6) is 0.612. The topological polar surface area (TPSA) is 93.4 Å². The minimum Gasteiger partial charge on any atom is -0.495 e. The second-order valence-corrected chi connectivity index (χ2v) is 4.85. The third kappa shape index (κ3) is 6.65. The van der Waals surface area contributed by atoms with Crippen LogP contribution in [0.25, 0.3) is 0 Å². The van der Waals surface area contributed by atoms with E-state index in [-0.39, 0.29) is 5.91 Å². The molecule has 1 rings (SSSR count). The number of anilines is 1. The van der Waals surface area contributed by atoms with Crippen molar-refractivity contribution < 1.29 is 14.3 Å². The molecule has 0 spiro atoms. The number of carbonyl (C=O) groups is 2. The van der Waals surface area contributed by atoms with Gasteiger partial charge in [0.25, 0.3) is 0 Å². The van der Waals surface area contributed by atoms with Gasteiger partial charge >= 0.3 is 6.03 Å². The molecular formula is C15H23N3O3. The molecule has 1 aromatic carbocycles. The van der Waals surface area contributed by atoms with Gasteiger partial charge < -0.3 is 21.1 Å². The highest BCUT2D eigenvalue weighted by molar-refractivity contribution is 5.92. The summed E-state index contributed by atoms with van der Waals surface area (Å²) in [6, 6.07) is 5.13. The van der Waals surface area contributed by atoms with Gasteiger partial charge in [-0.05, 0) is 37.5 Å². The lowest BCUT2D eigenvalue weighted by molar-refractivity contribution is -0.116. The number of aryl methyl sites for hydroxylation is 1. The average Bonchev–Trinajstić information content (AvgIpc) is 2.42. The van der Waals surface area contributed by atoms with Gasteiger partial charge in [-0.1, -0.05) is 12.5 Å². The first-order valence-electron chi connectivity index (χ1n) is 7.00. The molecular weight excluding hydrogens is 270 g/mol. The van der Waals surface area contributed by atoms with E-state index in [1.807, 2.05) is 25.1 Å². The Kier molecular flexibility index (Phi) is 7.08. The molecule has 0 atom stereocenters. The van der Waals surface area contributed by atoms with Crippen LogP contribution in [0.4, 0.5) is 10.5 Å². The monoisotopic (exact) mass is 293 g/mol. The molecule has 0 fully saturated rings. The van der Waals surface area contributed by atoms with Crippen LogP contribution in [0, 0.1) is 6.92 Å². The predicted molar refractivity (Wildman–Crippen MR) is 82.4 cm³/mol. The Balaban J connectivity index is 2.31. The number of rotatable bonds is 8. The normalized spacial score (nSPS) is 10.0. The summed E-state index contributed by atoms with van der Waals surface area (Å²) in [6.45, 7) is 2.50. The molecule has 0 heterocycles. The standard InChI is InChI=1S/C15H23N3O3/c1-11-7-8-13(21-2)12(10-11)18-14(19)6-4-3-5-9-17-15(16)20/h7-8,10H,3-6,9H2,1-2H3,(H,18,19)(H3,16,17,20). The van der Waals surface area contributed by atoms with Crippen LogP contribution in [0.5, 0.6) is 5.75 Å². The minimum atomic E-state index is -0.515. The second kappa shape index (κ2) is 8.84. The first-order chi connectivity index (χ1) is 10.0. The predicted octanol–water partition coefficient (Wildman–Crippen LogP) is 2.17. The van der Waals surface area contributed by atoms with Gasteiger partial charge in [-0.2, -0.15) is 0 Å². The van der Waals surface area contributed by atoms with E-state index in [2.05, 4.69) is 10.6 Å². The van der Waals surface area contributed by atoms with Gasteiger partial charge in [0.1, 0.15) is 5.75 Å². The molecule has 0 saturated heterocycles. The minimum absolute atomic E-state index is 0.0400. The number of unbranched alkanes of at least 4 members (excludes halogenated alkanes) is 2. The maximum absolute atomic E-state index is 11.9. The van der Waals surface area contributed by atoms with E-state index in [1.165, 1.54) is 0 Å². The summed E-state index contributed by atoms with van der Waals surface area (Å²) in [5.41, 5.74) is 6.71. The Bertz CT molecular complexity index is 489. The van der Waals surface area contributed by atoms with Gasteiger partial charge in [-0.15, -0.1) is 0 Å². The Hall–Kier alpha value is -2.24. The van der Waals surface area contributed by atoms with Crippen molar-refractivity contribution in [1.82, 2.24) is 5.32 Å². The van der Waals surface area contributed by atoms with Gasteiger partial charge in [0, 0.05) is 13.0 Å². The molecule has 0 bridgehead atoms. The maximum atomic E-state index is 11.9. The molecule has 4 N–H and O–H groups in total. The van der Waals surface area contributed by atoms with Crippen molar-refractivity contribution in [1.29, 1.82) is 0 Å². The molecule has 116 valence electrons. The number of amides is 3. The third-order valence-corrected chi connectivity index (χ3v) is 3.01. The first kappa shape index (κ1) is 16.8. The average molecular weight is 293 g/mol. The van der Waals surface area contributed by atoms with E-state index in [1.54, 1.807) is 7.11 Å². The van der Waals surface area contributed by atoms with E-state index in [0.29, 0.717) is 24.4 Å². The van der Waals surface area contributed by atoms with Crippen LogP contribution < -0.4 is 21.1 Å². The van der Waals surface area contributed by atoms with E-state index < -0.39 is 6.03 Å². The van der Waals surface area contributed by atoms with Crippen LogP contribution in [0.2, 0.25) is 0 Å². The Morgan fingerprint density at radius 1 is 1.24 bits per heavy atom. The summed E-state index contributed by atoms with van der Waals surface area (Å²) in [5, 5.41) is 5.37. The van der Waals surface area contributed by atoms with Crippen LogP contribution in [0.1, 0.15) is 31.2 Å². The molecule has 1 aromatic rings. The zero-order valence-corrected chi connectivity index (χ0v) is 12.6. The third-order valence-electron chi connectivity index (χ3n) is 3.01. The highest BCUT2D eigenvalue weighted by atomic mass is 16.5. The summed E-state index contributed by atoms with van der Waals surface area (Å²) in [4.78, 5) is 22.3. The van der Waals surface area contributed by atoms with Crippen molar-refractivity contribution >= 4 is 17.6 Å². The van der Waals surface area contributed by atoms with Crippen LogP contribution in [0.15, 0.2) is 18.2 Å². The fourth-order valence-electron chi connectivity index (χ4n) is 1.93. The van der Waals surface area contributed by atoms with Gasteiger partial charge in [-0.3, -0.25) is 4.79 Å². The van der Waals surface area contributed by atoms with Gasteiger partial charge in [0.05, 0.1) is 12.8 Å². The lowest BCUT2D eigenvalue weighted by Gasteiger charge is -2.11. The van der Waals surface area contributed by atoms with Crippen LogP contribution in [-0.4, -0.2) is 25.6 Å². The lowest BCUT2D eigenvalue weighted by atomic mass is 10.1. The molecule has 3 amide bonds. The fourth-order valence-corrected chi connectivity index (χ4v) is 1.93. The quantitative estimate of drug-likeness (QED) is 0.641. The number of primary amides is 1. The maximum Gasteiger partial charge on any atom is 0.312 e. The number of nitrogens with one attached hydrogen (secondary N) is 2. The fraction of sp³-hybridized carbons (Fsp3) is 0.467. The van der Waals surface area contributed by atoms with Crippen molar-refractivity contribution in [2.24, 2.45) is 5.73 Å². The smallest absolute Gasteiger partial charge is 0.312 e. The Morgan fingerprint density at radius 3 is 2.67 bits per heavy atom. The lowest BCUT2D eigenvalue weighted by Crippen LogP contribution is -2.29. The number of ether oxygens (including phenoxy) is 1. The molecule has 6 heteroatoms. The van der Waals surface area contributed by atoms with E-state index in [4.69, 9.17) is 10.5 Å². The van der Waals surface area contributed by atoms with E-state index in [0.717, 1.165) is 24.8 Å². The Labute approximate surface area is 125 Å². The number of nitrogens with two attached hydrogens (primary N) is 1. The number of urea groups is 1. The van der Waals surface area contributed by atoms with Crippen molar-refractivity contribution in [2.45, 2.75) is 32.6 Å². The summed E-state index contributed by atoms with van der Waals surface area (Å²) < 4.78 is 5.21. The largest absolute Gasteiger partial charge is 0.495 e. The van der Waals surface area contributed by atoms with Gasteiger partial charge in [-0.25, -0.2) is 4.79 Å². The van der Waals surface area contributed by atoms with Gasteiger partial charge in [0.15, 0.2) is 0 Å². The SMILES string of the molecule is COc1ccc(C)cc1NC(=O)CCCCCNC(N)=O. The molecule has 0 radical (unpaired) electrons. The van der Waals surface area contributed by atoms with Gasteiger partial charge in [0.2, 0.25) is 5.91 Å². The molecule has 6 nitrogen and oxygen atoms in total. The summed E-state index contributed by atoms with van der Waals surface area (Å²) in [7, 11) is 1.58. The molecule has 0 aliphatic rings. The zero-order chi connectivity index (χ0) is 15.7. The summed E-state index contributed by atoms with van der Waals surface area (Å²) >= 11 is 0. The number of hydrogen-bond acceptors (Lipinski definition) is 3. The molecule has 21 heavy (non-hydrogen) atoms. The molecule has 0 aliphatic carbocycles. The summed E-state index contributed by atoms with van der Waals surface area (Å²) in [6.07, 6.45) is 2.87. The zero-order valence-electron chi connectivity index (χ0n) is 12.6. The molecule has 0 unspecified atom stereocenters. The van der Waals surface area contributed by atoms with E-state index >= 15 is 0 Å². The van der Waals surface area contributed by atoms with E-state index in [9.17, 15) is 9.59 Å². The molecule has 0 aliphatic heterocycles. The van der Waals surface area contributed by atoms with Crippen molar-refractivity contribution in [3.63, 3.8) is 0 Å². The first-order valence-corrected chi connectivity index (χ1v) is 7.00. The molecule has 0 aromatic heterocycles. The highest BCUT2D eigenvalue weighted by Crippen LogP contribution is 2.25. The number of hydrogen-bond donors (Lipinski definition) is 3. The molecule has 0 saturated carbocycles. The van der Waals surface area contributed by atoms with Crippen LogP contribution in [-0.2, 0) is 4.79 Å². The van der Waals surface area contributed by atoms with Crippen molar-refractivity contribution in [3.8, 4) is 5.75 Å². The Morgan fingerprint density at radius 2 is 2.00 bits per heavy atom. The number of carbonyl (C=O) groups excluding carboxylic acids is 2. The van der Waals surface area contributed by atoms with Crippen LogP contribution >= 0.6 is 0 Å². The number of methoxy groups -OCH3 is 1. The van der Waals surface area contributed by atoms with Crippen molar-refractivity contribution in [2.75, 3.05) is 19.0 Å². The number of benzene rings is 1. The highest BCUT2D eigenvalue weighted by Gasteiger charge is 2.07. The van der Waals surface area contributed by atoms with Crippen molar-refractivity contribution in [3.05, 3.63) is 23.8 Å². The second-order valence-electron chi connectivity index (χ2n) is 4.85.